The number of nitrogens with zero attached hydrogens (tertiary/aromatic N) is 3. The monoisotopic (exact) mass is 370 g/mol. The second kappa shape index (κ2) is 6.79. The molecule has 26 heavy (non-hydrogen) atoms. The standard InChI is InChI=1S/C19H22N4O2S/c1-4-25-13-7-5-6-12(10-13)17-16-14(8-11(2)9-15(16)24)20-18-21-19(26-3)22-23(17)18/h5-7,10-11,17H,4,8-9H2,1-3H3,(H,20,21,22)/t11-,17+/m1/s1. The van der Waals surface area contributed by atoms with Gasteiger partial charge < -0.3 is 10.1 Å². The Balaban J connectivity index is 1.87. The first-order valence-electron chi connectivity index (χ1n) is 8.87. The number of nitrogens with one attached hydrogen (secondary N) is 1. The Bertz CT molecular complexity index is 889. The van der Waals surface area contributed by atoms with E-state index >= 15 is 0 Å². The van der Waals surface area contributed by atoms with Crippen LogP contribution in [-0.2, 0) is 4.79 Å². The first-order chi connectivity index (χ1) is 12.6. The number of thioether (sulfide) groups is 1. The Morgan fingerprint density at radius 1 is 1.38 bits per heavy atom. The molecule has 0 fully saturated rings. The molecule has 1 aromatic carbocycles. The first kappa shape index (κ1) is 17.1. The molecule has 136 valence electrons. The molecule has 1 aliphatic carbocycles. The number of Topliss-reactive ketones (excluding diaryl/α,β-unsaturated/α-hetero) is 1. The van der Waals surface area contributed by atoms with Crippen LogP contribution in [0.15, 0.2) is 40.7 Å². The lowest BCUT2D eigenvalue weighted by molar-refractivity contribution is -0.117. The van der Waals surface area contributed by atoms with Crippen molar-refractivity contribution in [2.45, 2.75) is 37.9 Å². The van der Waals surface area contributed by atoms with Gasteiger partial charge in [0.15, 0.2) is 5.78 Å². The molecular formula is C19H22N4O2S. The molecule has 2 atom stereocenters. The summed E-state index contributed by atoms with van der Waals surface area (Å²) in [5, 5.41) is 8.68. The number of fused-ring (bicyclic) bond motifs is 1. The fourth-order valence-electron chi connectivity index (χ4n) is 3.72. The lowest BCUT2D eigenvalue weighted by atomic mass is 9.81. The maximum Gasteiger partial charge on any atom is 0.227 e. The summed E-state index contributed by atoms with van der Waals surface area (Å²) >= 11 is 1.49. The number of ether oxygens (including phenoxy) is 1. The number of hydrogen-bond acceptors (Lipinski definition) is 6. The molecular weight excluding hydrogens is 348 g/mol. The molecule has 0 unspecified atom stereocenters. The molecule has 0 bridgehead atoms. The lowest BCUT2D eigenvalue weighted by Gasteiger charge is -2.34. The second-order valence-electron chi connectivity index (χ2n) is 6.73. The Hall–Kier alpha value is -2.28. The minimum atomic E-state index is -0.268. The quantitative estimate of drug-likeness (QED) is 0.828. The maximum absolute atomic E-state index is 12.9. The number of benzene rings is 1. The minimum absolute atomic E-state index is 0.185. The SMILES string of the molecule is CCOc1cccc([C@H]2C3=C(C[C@@H](C)CC3=O)Nc3nc(SC)nn32)c1. The van der Waals surface area contributed by atoms with E-state index in [4.69, 9.17) is 4.74 Å². The summed E-state index contributed by atoms with van der Waals surface area (Å²) in [5.74, 6) is 2.01. The Kier molecular flexibility index (Phi) is 4.48. The van der Waals surface area contributed by atoms with E-state index in [9.17, 15) is 4.79 Å². The molecule has 0 saturated heterocycles. The molecule has 1 aromatic heterocycles. The van der Waals surface area contributed by atoms with Crippen LogP contribution in [0.5, 0.6) is 5.75 Å². The number of aromatic nitrogens is 3. The van der Waals surface area contributed by atoms with Gasteiger partial charge in [0.2, 0.25) is 11.1 Å². The normalized spacial score (nSPS) is 21.9. The van der Waals surface area contributed by atoms with Crippen LogP contribution < -0.4 is 10.1 Å². The van der Waals surface area contributed by atoms with E-state index < -0.39 is 0 Å². The highest BCUT2D eigenvalue weighted by molar-refractivity contribution is 7.98. The van der Waals surface area contributed by atoms with Gasteiger partial charge in [-0.15, -0.1) is 5.10 Å². The summed E-state index contributed by atoms with van der Waals surface area (Å²) in [6.07, 6.45) is 3.37. The van der Waals surface area contributed by atoms with Crippen molar-refractivity contribution in [3.63, 3.8) is 0 Å². The van der Waals surface area contributed by atoms with E-state index in [1.165, 1.54) is 11.8 Å². The molecule has 6 nitrogen and oxygen atoms in total. The van der Waals surface area contributed by atoms with E-state index in [1.807, 2.05) is 42.1 Å². The van der Waals surface area contributed by atoms with Gasteiger partial charge in [0.05, 0.1) is 6.61 Å². The zero-order valence-corrected chi connectivity index (χ0v) is 16.0. The molecule has 4 rings (SSSR count). The highest BCUT2D eigenvalue weighted by atomic mass is 32.2. The minimum Gasteiger partial charge on any atom is -0.494 e. The predicted octanol–water partition coefficient (Wildman–Crippen LogP) is 3.67. The third-order valence-corrected chi connectivity index (χ3v) is 5.31. The molecule has 0 radical (unpaired) electrons. The molecule has 0 spiro atoms. The smallest absolute Gasteiger partial charge is 0.227 e. The van der Waals surface area contributed by atoms with Crippen LogP contribution in [0.4, 0.5) is 5.95 Å². The van der Waals surface area contributed by atoms with Gasteiger partial charge in [-0.25, -0.2) is 4.68 Å². The van der Waals surface area contributed by atoms with Crippen LogP contribution in [0.25, 0.3) is 0 Å². The molecule has 2 heterocycles. The van der Waals surface area contributed by atoms with Crippen molar-refractivity contribution in [1.82, 2.24) is 14.8 Å². The van der Waals surface area contributed by atoms with Crippen molar-refractivity contribution in [2.24, 2.45) is 5.92 Å². The third-order valence-electron chi connectivity index (χ3n) is 4.77. The largest absolute Gasteiger partial charge is 0.494 e. The van der Waals surface area contributed by atoms with Crippen molar-refractivity contribution in [1.29, 1.82) is 0 Å². The molecule has 0 saturated carbocycles. The van der Waals surface area contributed by atoms with Crippen LogP contribution >= 0.6 is 11.8 Å². The molecule has 7 heteroatoms. The van der Waals surface area contributed by atoms with E-state index in [2.05, 4.69) is 22.3 Å². The van der Waals surface area contributed by atoms with Gasteiger partial charge >= 0.3 is 0 Å². The number of carbonyl (C=O) groups excluding carboxylic acids is 1. The van der Waals surface area contributed by atoms with Crippen molar-refractivity contribution in [3.05, 3.63) is 41.1 Å². The van der Waals surface area contributed by atoms with Crippen LogP contribution in [0.2, 0.25) is 0 Å². The first-order valence-corrected chi connectivity index (χ1v) is 10.1. The van der Waals surface area contributed by atoms with Crippen molar-refractivity contribution in [2.75, 3.05) is 18.2 Å². The molecule has 2 aromatic rings. The topological polar surface area (TPSA) is 69.0 Å². The maximum atomic E-state index is 12.9. The summed E-state index contributed by atoms with van der Waals surface area (Å²) in [4.78, 5) is 17.5. The molecule has 1 aliphatic heterocycles. The molecule has 2 aliphatic rings. The van der Waals surface area contributed by atoms with Gasteiger partial charge in [-0.05, 0) is 43.2 Å². The third kappa shape index (κ3) is 2.90. The van der Waals surface area contributed by atoms with Crippen molar-refractivity contribution < 1.29 is 9.53 Å². The van der Waals surface area contributed by atoms with Crippen LogP contribution in [0.1, 0.15) is 38.3 Å². The van der Waals surface area contributed by atoms with Crippen LogP contribution in [0.3, 0.4) is 0 Å². The Labute approximate surface area is 157 Å². The zero-order valence-electron chi connectivity index (χ0n) is 15.2. The lowest BCUT2D eigenvalue weighted by Crippen LogP contribution is -2.33. The fourth-order valence-corrected chi connectivity index (χ4v) is 4.07. The number of carbonyl (C=O) groups is 1. The number of hydrogen-bond donors (Lipinski definition) is 1. The summed E-state index contributed by atoms with van der Waals surface area (Å²) in [5.41, 5.74) is 2.78. The summed E-state index contributed by atoms with van der Waals surface area (Å²) in [6, 6.07) is 7.65. The second-order valence-corrected chi connectivity index (χ2v) is 7.50. The number of allylic oxidation sites excluding steroid dienone is 2. The van der Waals surface area contributed by atoms with Gasteiger partial charge in [0.1, 0.15) is 11.8 Å². The molecule has 1 N–H and O–H groups in total. The summed E-state index contributed by atoms with van der Waals surface area (Å²) in [6.45, 7) is 4.68. The van der Waals surface area contributed by atoms with Gasteiger partial charge in [0.25, 0.3) is 0 Å². The highest BCUT2D eigenvalue weighted by Crippen LogP contribution is 2.42. The zero-order chi connectivity index (χ0) is 18.3. The number of rotatable bonds is 4. The number of ketones is 1. The van der Waals surface area contributed by atoms with Crippen LogP contribution in [-0.4, -0.2) is 33.4 Å². The summed E-state index contributed by atoms with van der Waals surface area (Å²) in [7, 11) is 0. The van der Waals surface area contributed by atoms with E-state index in [-0.39, 0.29) is 11.8 Å². The average molecular weight is 370 g/mol. The Morgan fingerprint density at radius 3 is 3.00 bits per heavy atom. The van der Waals surface area contributed by atoms with Crippen LogP contribution in [0, 0.1) is 5.92 Å². The van der Waals surface area contributed by atoms with Gasteiger partial charge in [-0.2, -0.15) is 4.98 Å². The van der Waals surface area contributed by atoms with Gasteiger partial charge in [-0.1, -0.05) is 30.8 Å². The van der Waals surface area contributed by atoms with E-state index in [0.717, 1.165) is 29.0 Å². The van der Waals surface area contributed by atoms with Gasteiger partial charge in [0, 0.05) is 17.7 Å². The molecule has 0 amide bonds. The van der Waals surface area contributed by atoms with Crippen molar-refractivity contribution in [3.8, 4) is 5.75 Å². The van der Waals surface area contributed by atoms with E-state index in [0.29, 0.717) is 30.1 Å². The van der Waals surface area contributed by atoms with Gasteiger partial charge in [-0.3, -0.25) is 4.79 Å². The summed E-state index contributed by atoms with van der Waals surface area (Å²) < 4.78 is 7.50. The van der Waals surface area contributed by atoms with Crippen molar-refractivity contribution >= 4 is 23.5 Å². The highest BCUT2D eigenvalue weighted by Gasteiger charge is 2.38. The predicted molar refractivity (Wildman–Crippen MR) is 102 cm³/mol. The van der Waals surface area contributed by atoms with E-state index in [1.54, 1.807) is 0 Å². The average Bonchev–Trinajstić information content (AvgIpc) is 3.03. The Morgan fingerprint density at radius 2 is 2.23 bits per heavy atom. The fraction of sp³-hybridized carbons (Fsp3) is 0.421. The number of anilines is 1.